The van der Waals surface area contributed by atoms with Gasteiger partial charge in [0.15, 0.2) is 0 Å². The van der Waals surface area contributed by atoms with Crippen molar-refractivity contribution in [1.29, 1.82) is 0 Å². The van der Waals surface area contributed by atoms with Crippen LogP contribution in [0.4, 0.5) is 5.82 Å². The third kappa shape index (κ3) is 1.77. The normalized spacial score (nSPS) is 25.5. The minimum absolute atomic E-state index is 0.513. The standard InChI is InChI=1S/C10H13N3O2/c1-10(9(14)15)3-5-13(6-10)8-2-4-11-7-12-8/h2,4,7H,3,5-6H2,1H3,(H,14,15). The first kappa shape index (κ1) is 9.89. The highest BCUT2D eigenvalue weighted by Gasteiger charge is 2.40. The Morgan fingerprint density at radius 3 is 3.00 bits per heavy atom. The fourth-order valence-corrected chi connectivity index (χ4v) is 1.80. The van der Waals surface area contributed by atoms with Crippen molar-refractivity contribution in [1.82, 2.24) is 9.97 Å². The molecular weight excluding hydrogens is 194 g/mol. The zero-order valence-corrected chi connectivity index (χ0v) is 8.55. The predicted octanol–water partition coefficient (Wildman–Crippen LogP) is 0.778. The maximum absolute atomic E-state index is 11.0. The van der Waals surface area contributed by atoms with E-state index in [0.717, 1.165) is 12.4 Å². The Morgan fingerprint density at radius 2 is 2.47 bits per heavy atom. The maximum Gasteiger partial charge on any atom is 0.311 e. The third-order valence-corrected chi connectivity index (χ3v) is 2.88. The molecular formula is C10H13N3O2. The van der Waals surface area contributed by atoms with Gasteiger partial charge in [0.2, 0.25) is 0 Å². The lowest BCUT2D eigenvalue weighted by molar-refractivity contribution is -0.146. The van der Waals surface area contributed by atoms with Crippen LogP contribution in [0.25, 0.3) is 0 Å². The van der Waals surface area contributed by atoms with Crippen molar-refractivity contribution >= 4 is 11.8 Å². The summed E-state index contributed by atoms with van der Waals surface area (Å²) < 4.78 is 0. The number of aliphatic carboxylic acids is 1. The zero-order valence-electron chi connectivity index (χ0n) is 8.55. The molecule has 2 heterocycles. The number of hydrogen-bond acceptors (Lipinski definition) is 4. The van der Waals surface area contributed by atoms with E-state index in [2.05, 4.69) is 9.97 Å². The van der Waals surface area contributed by atoms with Crippen LogP contribution in [-0.4, -0.2) is 34.1 Å². The van der Waals surface area contributed by atoms with E-state index in [9.17, 15) is 4.79 Å². The average Bonchev–Trinajstić information content (AvgIpc) is 2.64. The molecule has 5 nitrogen and oxygen atoms in total. The van der Waals surface area contributed by atoms with E-state index in [-0.39, 0.29) is 0 Å². The first-order valence-corrected chi connectivity index (χ1v) is 4.86. The molecule has 0 amide bonds. The topological polar surface area (TPSA) is 66.3 Å². The van der Waals surface area contributed by atoms with Crippen molar-refractivity contribution in [2.24, 2.45) is 5.41 Å². The molecule has 1 fully saturated rings. The van der Waals surface area contributed by atoms with Crippen molar-refractivity contribution in [3.8, 4) is 0 Å². The Bertz CT molecular complexity index is 368. The van der Waals surface area contributed by atoms with E-state index in [4.69, 9.17) is 5.11 Å². The molecule has 1 unspecified atom stereocenters. The van der Waals surface area contributed by atoms with Crippen molar-refractivity contribution in [3.05, 3.63) is 18.6 Å². The van der Waals surface area contributed by atoms with Gasteiger partial charge in [-0.2, -0.15) is 0 Å². The molecule has 0 aliphatic carbocycles. The molecule has 1 saturated heterocycles. The summed E-state index contributed by atoms with van der Waals surface area (Å²) in [6, 6.07) is 1.80. The molecule has 1 aromatic heterocycles. The van der Waals surface area contributed by atoms with Crippen LogP contribution in [0.2, 0.25) is 0 Å². The zero-order chi connectivity index (χ0) is 10.9. The quantitative estimate of drug-likeness (QED) is 0.776. The summed E-state index contributed by atoms with van der Waals surface area (Å²) in [6.45, 7) is 3.02. The molecule has 0 bridgehead atoms. The van der Waals surface area contributed by atoms with E-state index >= 15 is 0 Å². The maximum atomic E-state index is 11.0. The number of aromatic nitrogens is 2. The van der Waals surface area contributed by atoms with Gasteiger partial charge in [0.25, 0.3) is 0 Å². The monoisotopic (exact) mass is 207 g/mol. The van der Waals surface area contributed by atoms with E-state index < -0.39 is 11.4 Å². The van der Waals surface area contributed by atoms with Crippen LogP contribution in [0.5, 0.6) is 0 Å². The van der Waals surface area contributed by atoms with Gasteiger partial charge in [0.05, 0.1) is 5.41 Å². The lowest BCUT2D eigenvalue weighted by atomic mass is 9.90. The summed E-state index contributed by atoms with van der Waals surface area (Å²) >= 11 is 0. The highest BCUT2D eigenvalue weighted by molar-refractivity contribution is 5.76. The van der Waals surface area contributed by atoms with Crippen LogP contribution in [0.15, 0.2) is 18.6 Å². The SMILES string of the molecule is CC1(C(=O)O)CCN(c2ccncn2)C1. The molecule has 1 aromatic rings. The molecule has 2 rings (SSSR count). The summed E-state index contributed by atoms with van der Waals surface area (Å²) in [4.78, 5) is 21.0. The van der Waals surface area contributed by atoms with Gasteiger partial charge in [0.1, 0.15) is 12.1 Å². The minimum Gasteiger partial charge on any atom is -0.481 e. The molecule has 1 N–H and O–H groups in total. The highest BCUT2D eigenvalue weighted by Crippen LogP contribution is 2.32. The van der Waals surface area contributed by atoms with Crippen molar-refractivity contribution in [2.45, 2.75) is 13.3 Å². The number of hydrogen-bond donors (Lipinski definition) is 1. The number of carboxylic acid groups (broad SMARTS) is 1. The van der Waals surface area contributed by atoms with Gasteiger partial charge in [-0.3, -0.25) is 4.79 Å². The molecule has 0 aromatic carbocycles. The van der Waals surface area contributed by atoms with E-state index in [1.807, 2.05) is 4.90 Å². The van der Waals surface area contributed by atoms with Gasteiger partial charge in [0, 0.05) is 19.3 Å². The van der Waals surface area contributed by atoms with E-state index in [1.165, 1.54) is 6.33 Å². The van der Waals surface area contributed by atoms with Crippen LogP contribution in [0.1, 0.15) is 13.3 Å². The first-order valence-electron chi connectivity index (χ1n) is 4.86. The smallest absolute Gasteiger partial charge is 0.311 e. The second-order valence-electron chi connectivity index (χ2n) is 4.10. The average molecular weight is 207 g/mol. The summed E-state index contributed by atoms with van der Waals surface area (Å²) in [5.74, 6) is 0.0639. The fraction of sp³-hybridized carbons (Fsp3) is 0.500. The Kier molecular flexibility index (Phi) is 2.30. The highest BCUT2D eigenvalue weighted by atomic mass is 16.4. The molecule has 0 saturated carbocycles. The molecule has 80 valence electrons. The van der Waals surface area contributed by atoms with Crippen molar-refractivity contribution < 1.29 is 9.90 Å². The van der Waals surface area contributed by atoms with E-state index in [1.54, 1.807) is 19.2 Å². The van der Waals surface area contributed by atoms with E-state index in [0.29, 0.717) is 13.0 Å². The Hall–Kier alpha value is -1.65. The van der Waals surface area contributed by atoms with Gasteiger partial charge in [-0.15, -0.1) is 0 Å². The minimum atomic E-state index is -0.737. The fourth-order valence-electron chi connectivity index (χ4n) is 1.80. The molecule has 1 aliphatic rings. The molecule has 15 heavy (non-hydrogen) atoms. The second kappa shape index (κ2) is 3.49. The molecule has 0 radical (unpaired) electrons. The van der Waals surface area contributed by atoms with Crippen LogP contribution in [0, 0.1) is 5.41 Å². The van der Waals surface area contributed by atoms with Gasteiger partial charge in [-0.05, 0) is 19.4 Å². The van der Waals surface area contributed by atoms with Gasteiger partial charge < -0.3 is 10.0 Å². The number of rotatable bonds is 2. The summed E-state index contributed by atoms with van der Waals surface area (Å²) in [5.41, 5.74) is -0.648. The summed E-state index contributed by atoms with van der Waals surface area (Å²) in [5, 5.41) is 9.08. The number of nitrogens with zero attached hydrogens (tertiary/aromatic N) is 3. The van der Waals surface area contributed by atoms with Crippen molar-refractivity contribution in [3.63, 3.8) is 0 Å². The second-order valence-corrected chi connectivity index (χ2v) is 4.10. The lowest BCUT2D eigenvalue weighted by Crippen LogP contribution is -2.31. The predicted molar refractivity (Wildman–Crippen MR) is 54.6 cm³/mol. The van der Waals surface area contributed by atoms with Crippen molar-refractivity contribution in [2.75, 3.05) is 18.0 Å². The Morgan fingerprint density at radius 1 is 1.67 bits per heavy atom. The Labute approximate surface area is 87.8 Å². The number of carboxylic acids is 1. The third-order valence-electron chi connectivity index (χ3n) is 2.88. The summed E-state index contributed by atoms with van der Waals surface area (Å²) in [7, 11) is 0. The first-order chi connectivity index (χ1) is 7.12. The van der Waals surface area contributed by atoms with Crippen LogP contribution < -0.4 is 4.90 Å². The van der Waals surface area contributed by atoms with Crippen LogP contribution in [0.3, 0.4) is 0 Å². The van der Waals surface area contributed by atoms with Gasteiger partial charge in [-0.1, -0.05) is 0 Å². The Balaban J connectivity index is 2.14. The van der Waals surface area contributed by atoms with Gasteiger partial charge in [-0.25, -0.2) is 9.97 Å². The van der Waals surface area contributed by atoms with Gasteiger partial charge >= 0.3 is 5.97 Å². The summed E-state index contributed by atoms with van der Waals surface area (Å²) in [6.07, 6.45) is 3.80. The van der Waals surface area contributed by atoms with Crippen LogP contribution in [-0.2, 0) is 4.79 Å². The lowest BCUT2D eigenvalue weighted by Gasteiger charge is -2.20. The molecule has 5 heteroatoms. The van der Waals surface area contributed by atoms with Crippen LogP contribution >= 0.6 is 0 Å². The number of carbonyl (C=O) groups is 1. The largest absolute Gasteiger partial charge is 0.481 e. The molecule has 1 atom stereocenters. The molecule has 1 aliphatic heterocycles. The number of anilines is 1. The molecule has 0 spiro atoms.